The second-order valence-electron chi connectivity index (χ2n) is 2.59. The van der Waals surface area contributed by atoms with Gasteiger partial charge in [0.1, 0.15) is 0 Å². The quantitative estimate of drug-likeness (QED) is 0.525. The molecule has 0 aromatic rings. The Bertz CT molecular complexity index is 91.2. The van der Waals surface area contributed by atoms with Gasteiger partial charge in [0.2, 0.25) is 0 Å². The molecule has 0 heterocycles. The Balaban J connectivity index is 2.45. The SMILES string of the molecule is CCC1([PH+]=O)CCC1. The second kappa shape index (κ2) is 2.14. The molecule has 1 fully saturated rings. The van der Waals surface area contributed by atoms with Gasteiger partial charge in [-0.25, -0.2) is 0 Å². The minimum Gasteiger partial charge on any atom is -0.0768 e. The van der Waals surface area contributed by atoms with Gasteiger partial charge >= 0.3 is 8.46 Å². The fraction of sp³-hybridized carbons (Fsp3) is 1.00. The summed E-state index contributed by atoms with van der Waals surface area (Å²) < 4.78 is 10.5. The van der Waals surface area contributed by atoms with E-state index >= 15 is 0 Å². The molecular weight excluding hydrogens is 119 g/mol. The maximum absolute atomic E-state index is 10.5. The van der Waals surface area contributed by atoms with Crippen LogP contribution in [0.3, 0.4) is 0 Å². The highest BCUT2D eigenvalue weighted by atomic mass is 31.1. The molecule has 0 bridgehead atoms. The van der Waals surface area contributed by atoms with Crippen molar-refractivity contribution in [2.75, 3.05) is 0 Å². The summed E-state index contributed by atoms with van der Waals surface area (Å²) in [5, 5.41) is 0.278. The van der Waals surface area contributed by atoms with Crippen LogP contribution in [0.5, 0.6) is 0 Å². The molecule has 0 saturated heterocycles. The Kier molecular flexibility index (Phi) is 1.67. The summed E-state index contributed by atoms with van der Waals surface area (Å²) in [5.74, 6) is 0. The van der Waals surface area contributed by atoms with E-state index in [1.165, 1.54) is 19.3 Å². The van der Waals surface area contributed by atoms with Crippen molar-refractivity contribution >= 4 is 8.46 Å². The molecule has 2 heteroatoms. The average molecular weight is 131 g/mol. The first-order chi connectivity index (χ1) is 3.83. The van der Waals surface area contributed by atoms with Crippen LogP contribution >= 0.6 is 8.46 Å². The molecule has 1 unspecified atom stereocenters. The monoisotopic (exact) mass is 131 g/mol. The molecule has 1 rings (SSSR count). The van der Waals surface area contributed by atoms with E-state index in [1.807, 2.05) is 0 Å². The van der Waals surface area contributed by atoms with E-state index < -0.39 is 0 Å². The zero-order chi connectivity index (χ0) is 6.04. The zero-order valence-electron chi connectivity index (χ0n) is 5.24. The lowest BCUT2D eigenvalue weighted by Crippen LogP contribution is -2.29. The van der Waals surface area contributed by atoms with Gasteiger partial charge < -0.3 is 0 Å². The van der Waals surface area contributed by atoms with Crippen LogP contribution in [-0.2, 0) is 4.57 Å². The minimum atomic E-state index is -0.0613. The van der Waals surface area contributed by atoms with Gasteiger partial charge in [-0.1, -0.05) is 11.5 Å². The highest BCUT2D eigenvalue weighted by Gasteiger charge is 2.43. The van der Waals surface area contributed by atoms with Crippen molar-refractivity contribution in [3.8, 4) is 0 Å². The van der Waals surface area contributed by atoms with Crippen LogP contribution in [-0.4, -0.2) is 5.16 Å². The summed E-state index contributed by atoms with van der Waals surface area (Å²) in [5.41, 5.74) is 0. The maximum atomic E-state index is 10.5. The van der Waals surface area contributed by atoms with Crippen LogP contribution in [0.1, 0.15) is 32.6 Å². The molecule has 0 spiro atoms. The molecule has 8 heavy (non-hydrogen) atoms. The van der Waals surface area contributed by atoms with Gasteiger partial charge in [0.15, 0.2) is 5.16 Å². The zero-order valence-corrected chi connectivity index (χ0v) is 6.24. The molecule has 1 aliphatic rings. The van der Waals surface area contributed by atoms with Crippen LogP contribution in [0.2, 0.25) is 0 Å². The Hall–Kier alpha value is 0.100. The lowest BCUT2D eigenvalue weighted by atomic mass is 9.82. The molecule has 1 aliphatic carbocycles. The first-order valence-electron chi connectivity index (χ1n) is 3.22. The van der Waals surface area contributed by atoms with Crippen LogP contribution in [0, 0.1) is 0 Å². The normalized spacial score (nSPS) is 25.1. The Morgan fingerprint density at radius 3 is 2.25 bits per heavy atom. The summed E-state index contributed by atoms with van der Waals surface area (Å²) in [4.78, 5) is 0. The first kappa shape index (κ1) is 6.22. The lowest BCUT2D eigenvalue weighted by molar-refractivity contribution is 0.339. The van der Waals surface area contributed by atoms with E-state index in [1.54, 1.807) is 0 Å². The molecule has 0 radical (unpaired) electrons. The molecule has 1 saturated carbocycles. The maximum Gasteiger partial charge on any atom is 0.331 e. The fourth-order valence-electron chi connectivity index (χ4n) is 1.13. The smallest absolute Gasteiger partial charge is 0.0768 e. The van der Waals surface area contributed by atoms with Gasteiger partial charge in [0.25, 0.3) is 0 Å². The Labute approximate surface area is 51.7 Å². The van der Waals surface area contributed by atoms with E-state index in [0.29, 0.717) is 0 Å². The minimum absolute atomic E-state index is 0.0613. The molecule has 0 N–H and O–H groups in total. The standard InChI is InChI=1S/C6H11OP/c1-2-6(8-7)4-3-5-6/h2-5H2,1H3/p+1. The molecular formula is C6H12OP+. The predicted molar refractivity (Wildman–Crippen MR) is 35.9 cm³/mol. The molecule has 46 valence electrons. The second-order valence-corrected chi connectivity index (χ2v) is 3.85. The predicted octanol–water partition coefficient (Wildman–Crippen LogP) is 2.34. The topological polar surface area (TPSA) is 17.1 Å². The van der Waals surface area contributed by atoms with Gasteiger partial charge in [-0.2, -0.15) is 0 Å². The molecule has 0 amide bonds. The van der Waals surface area contributed by atoms with E-state index in [9.17, 15) is 4.57 Å². The molecule has 0 aliphatic heterocycles. The third-order valence-corrected chi connectivity index (χ3v) is 3.49. The average Bonchev–Trinajstić information content (AvgIpc) is 1.67. The Morgan fingerprint density at radius 2 is 2.25 bits per heavy atom. The summed E-state index contributed by atoms with van der Waals surface area (Å²) in [6.45, 7) is 2.13. The summed E-state index contributed by atoms with van der Waals surface area (Å²) in [6.07, 6.45) is 4.80. The van der Waals surface area contributed by atoms with Crippen molar-refractivity contribution in [2.45, 2.75) is 37.8 Å². The number of hydrogen-bond acceptors (Lipinski definition) is 1. The third-order valence-electron chi connectivity index (χ3n) is 2.20. The van der Waals surface area contributed by atoms with Crippen molar-refractivity contribution in [3.63, 3.8) is 0 Å². The van der Waals surface area contributed by atoms with Crippen LogP contribution in [0.25, 0.3) is 0 Å². The molecule has 0 aromatic heterocycles. The summed E-state index contributed by atoms with van der Waals surface area (Å²) in [6, 6.07) is 0. The molecule has 1 atom stereocenters. The van der Waals surface area contributed by atoms with Crippen LogP contribution in [0.15, 0.2) is 0 Å². The van der Waals surface area contributed by atoms with Crippen molar-refractivity contribution < 1.29 is 4.57 Å². The van der Waals surface area contributed by atoms with Crippen molar-refractivity contribution in [2.24, 2.45) is 0 Å². The highest BCUT2D eigenvalue weighted by molar-refractivity contribution is 7.26. The van der Waals surface area contributed by atoms with Crippen molar-refractivity contribution in [1.29, 1.82) is 0 Å². The summed E-state index contributed by atoms with van der Waals surface area (Å²) >= 11 is 0. The highest BCUT2D eigenvalue weighted by Crippen LogP contribution is 2.45. The van der Waals surface area contributed by atoms with Gasteiger partial charge in [-0.15, -0.1) is 0 Å². The van der Waals surface area contributed by atoms with E-state index in [2.05, 4.69) is 6.92 Å². The van der Waals surface area contributed by atoms with Crippen molar-refractivity contribution in [3.05, 3.63) is 0 Å². The molecule has 1 nitrogen and oxygen atoms in total. The lowest BCUT2D eigenvalue weighted by Gasteiger charge is -2.27. The fourth-order valence-corrected chi connectivity index (χ4v) is 1.83. The largest absolute Gasteiger partial charge is 0.331 e. The first-order valence-corrected chi connectivity index (χ1v) is 4.13. The van der Waals surface area contributed by atoms with Gasteiger partial charge in [-0.3, -0.25) is 0 Å². The number of hydrogen-bond donors (Lipinski definition) is 0. The van der Waals surface area contributed by atoms with E-state index in [0.717, 1.165) is 6.42 Å². The van der Waals surface area contributed by atoms with Gasteiger partial charge in [0.05, 0.1) is 0 Å². The summed E-state index contributed by atoms with van der Waals surface area (Å²) in [7, 11) is -0.0613. The van der Waals surface area contributed by atoms with Crippen molar-refractivity contribution in [1.82, 2.24) is 0 Å². The number of rotatable bonds is 2. The van der Waals surface area contributed by atoms with Crippen LogP contribution < -0.4 is 0 Å². The third kappa shape index (κ3) is 0.798. The molecule has 0 aromatic carbocycles. The van der Waals surface area contributed by atoms with Gasteiger partial charge in [-0.05, 0) is 25.7 Å². The van der Waals surface area contributed by atoms with E-state index in [4.69, 9.17) is 0 Å². The van der Waals surface area contributed by atoms with Gasteiger partial charge in [0, 0.05) is 0 Å². The van der Waals surface area contributed by atoms with E-state index in [-0.39, 0.29) is 13.6 Å². The van der Waals surface area contributed by atoms with Crippen LogP contribution in [0.4, 0.5) is 0 Å². The Morgan fingerprint density at radius 1 is 1.62 bits per heavy atom.